The molecule has 0 atom stereocenters. The minimum absolute atomic E-state index is 0.0634. The average molecular weight is 751 g/mol. The Morgan fingerprint density at radius 2 is 1.72 bits per heavy atom. The first-order chi connectivity index (χ1) is 24.1. The molecule has 50 heavy (non-hydrogen) atoms. The maximum absolute atomic E-state index is 16.4. The third kappa shape index (κ3) is 7.26. The molecule has 1 aliphatic rings. The van der Waals surface area contributed by atoms with Gasteiger partial charge in [0.2, 0.25) is 5.88 Å². The van der Waals surface area contributed by atoms with Crippen LogP contribution in [0.1, 0.15) is 49.2 Å². The smallest absolute Gasteiger partial charge is 0.308 e. The number of hydrogen-bond donors (Lipinski definition) is 1. The van der Waals surface area contributed by atoms with Gasteiger partial charge in [-0.25, -0.2) is 33.1 Å². The molecule has 0 amide bonds. The van der Waals surface area contributed by atoms with Gasteiger partial charge in [0.1, 0.15) is 17.0 Å². The van der Waals surface area contributed by atoms with Gasteiger partial charge in [-0.1, -0.05) is 24.3 Å². The van der Waals surface area contributed by atoms with Gasteiger partial charge in [-0.05, 0) is 84.9 Å². The Morgan fingerprint density at radius 1 is 1.00 bits per heavy atom. The van der Waals surface area contributed by atoms with Crippen LogP contribution in [0.4, 0.5) is 24.7 Å². The molecule has 3 heterocycles. The second-order valence-electron chi connectivity index (χ2n) is 12.2. The Morgan fingerprint density at radius 3 is 2.44 bits per heavy atom. The van der Waals surface area contributed by atoms with Gasteiger partial charge in [0.05, 0.1) is 37.5 Å². The second-order valence-corrected chi connectivity index (χ2v) is 13.1. The van der Waals surface area contributed by atoms with Crippen LogP contribution in [0, 0.1) is 18.7 Å². The molecule has 10 nitrogen and oxygen atoms in total. The van der Waals surface area contributed by atoms with Gasteiger partial charge in [0.25, 0.3) is 6.43 Å². The highest BCUT2D eigenvalue weighted by Gasteiger charge is 2.29. The van der Waals surface area contributed by atoms with E-state index < -0.39 is 18.1 Å². The van der Waals surface area contributed by atoms with Crippen LogP contribution in [0.3, 0.4) is 0 Å². The Hall–Kier alpha value is -4.69. The molecule has 6 rings (SSSR count). The summed E-state index contributed by atoms with van der Waals surface area (Å²) in [5, 5.41) is 3.13. The number of aromatic nitrogens is 5. The quantitative estimate of drug-likeness (QED) is 0.140. The third-order valence-electron chi connectivity index (χ3n) is 9.13. The highest BCUT2D eigenvalue weighted by atomic mass is 79.9. The zero-order chi connectivity index (χ0) is 35.5. The van der Waals surface area contributed by atoms with Crippen LogP contribution in [0.25, 0.3) is 33.4 Å². The number of rotatable bonds is 10. The number of halogens is 4. The first-order valence-corrected chi connectivity index (χ1v) is 16.8. The standard InChI is InChI=1S/C36H35BrF3N7O3/c1-19-23(7-6-10-26(19)43-33-31-27(15-21(37)16-42-31)44-34(46-33)32(39)40)24-8-5-9-25(30(24)38)28-17-41-29(35(45-28)49-3)18-47(2)22-13-11-20(12-14-22)36(48)50-4/h5-10,15-17,20,22,32H,11-14,18H2,1-4H3,(H,43,44,46). The lowest BCUT2D eigenvalue weighted by atomic mass is 9.85. The summed E-state index contributed by atoms with van der Waals surface area (Å²) in [6.45, 7) is 2.28. The number of fused-ring (bicyclic) bond motifs is 1. The van der Waals surface area contributed by atoms with Crippen molar-refractivity contribution in [1.82, 2.24) is 29.8 Å². The van der Waals surface area contributed by atoms with Crippen molar-refractivity contribution in [1.29, 1.82) is 0 Å². The SMILES string of the molecule is COC(=O)C1CCC(N(C)Cc2ncc(-c3cccc(-c4cccc(Nc5nc(C(F)F)nc6cc(Br)cnc56)c4C)c3F)nc2OC)CC1. The van der Waals surface area contributed by atoms with Gasteiger partial charge in [-0.2, -0.15) is 0 Å². The Balaban J connectivity index is 1.26. The van der Waals surface area contributed by atoms with Gasteiger partial charge in [-0.3, -0.25) is 14.7 Å². The molecule has 260 valence electrons. The summed E-state index contributed by atoms with van der Waals surface area (Å²) in [6.07, 6.45) is 3.44. The molecule has 1 fully saturated rings. The maximum Gasteiger partial charge on any atom is 0.308 e. The van der Waals surface area contributed by atoms with Gasteiger partial charge in [-0.15, -0.1) is 0 Å². The number of methoxy groups -OCH3 is 2. The van der Waals surface area contributed by atoms with Crippen molar-refractivity contribution in [3.63, 3.8) is 0 Å². The van der Waals surface area contributed by atoms with Gasteiger partial charge >= 0.3 is 5.97 Å². The van der Waals surface area contributed by atoms with Crippen LogP contribution >= 0.6 is 15.9 Å². The zero-order valence-electron chi connectivity index (χ0n) is 27.9. The summed E-state index contributed by atoms with van der Waals surface area (Å²) in [7, 11) is 4.94. The fraction of sp³-hybridized carbons (Fsp3) is 0.333. The molecule has 3 aromatic heterocycles. The first kappa shape index (κ1) is 35.1. The molecule has 5 aromatic rings. The van der Waals surface area contributed by atoms with Crippen molar-refractivity contribution in [3.05, 3.63) is 82.2 Å². The van der Waals surface area contributed by atoms with Crippen LogP contribution in [0.2, 0.25) is 0 Å². The van der Waals surface area contributed by atoms with Crippen LogP contribution in [-0.2, 0) is 16.1 Å². The molecule has 0 aliphatic heterocycles. The molecule has 0 spiro atoms. The van der Waals surface area contributed by atoms with E-state index in [0.717, 1.165) is 25.7 Å². The summed E-state index contributed by atoms with van der Waals surface area (Å²) in [5.41, 5.74) is 3.82. The largest absolute Gasteiger partial charge is 0.480 e. The number of ether oxygens (including phenoxy) is 2. The van der Waals surface area contributed by atoms with E-state index in [1.54, 1.807) is 55.6 Å². The summed E-state index contributed by atoms with van der Waals surface area (Å²) in [5.74, 6) is -0.955. The van der Waals surface area contributed by atoms with Crippen LogP contribution < -0.4 is 10.1 Å². The van der Waals surface area contributed by atoms with Crippen molar-refractivity contribution in [2.75, 3.05) is 26.6 Å². The van der Waals surface area contributed by atoms with E-state index in [9.17, 15) is 13.6 Å². The predicted molar refractivity (Wildman–Crippen MR) is 187 cm³/mol. The minimum Gasteiger partial charge on any atom is -0.480 e. The van der Waals surface area contributed by atoms with E-state index >= 15 is 4.39 Å². The molecular weight excluding hydrogens is 715 g/mol. The fourth-order valence-electron chi connectivity index (χ4n) is 6.41. The predicted octanol–water partition coefficient (Wildman–Crippen LogP) is 8.21. The van der Waals surface area contributed by atoms with Crippen LogP contribution in [0.5, 0.6) is 5.88 Å². The van der Waals surface area contributed by atoms with E-state index in [1.165, 1.54) is 20.4 Å². The maximum atomic E-state index is 16.4. The number of carbonyl (C=O) groups is 1. The number of pyridine rings is 1. The van der Waals surface area contributed by atoms with E-state index in [4.69, 9.17) is 9.47 Å². The molecule has 1 aliphatic carbocycles. The highest BCUT2D eigenvalue weighted by molar-refractivity contribution is 9.10. The Bertz CT molecular complexity index is 2040. The number of esters is 1. The van der Waals surface area contributed by atoms with E-state index in [0.29, 0.717) is 56.2 Å². The lowest BCUT2D eigenvalue weighted by Crippen LogP contribution is -2.36. The van der Waals surface area contributed by atoms with Gasteiger partial charge in [0.15, 0.2) is 11.6 Å². The number of carbonyl (C=O) groups excluding carboxylic acids is 1. The number of alkyl halides is 2. The third-order valence-corrected chi connectivity index (χ3v) is 9.56. The monoisotopic (exact) mass is 749 g/mol. The van der Waals surface area contributed by atoms with E-state index in [2.05, 4.69) is 51.1 Å². The van der Waals surface area contributed by atoms with Gasteiger partial charge in [0, 0.05) is 40.1 Å². The molecule has 1 saturated carbocycles. The zero-order valence-corrected chi connectivity index (χ0v) is 29.5. The second kappa shape index (κ2) is 15.1. The molecule has 0 radical (unpaired) electrons. The molecule has 1 N–H and O–H groups in total. The summed E-state index contributed by atoms with van der Waals surface area (Å²) in [6, 6.07) is 12.2. The summed E-state index contributed by atoms with van der Waals surface area (Å²) >= 11 is 3.31. The van der Waals surface area contributed by atoms with E-state index in [-0.39, 0.29) is 34.8 Å². The molecular formula is C36H35BrF3N7O3. The Labute approximate surface area is 295 Å². The number of nitrogens with zero attached hydrogens (tertiary/aromatic N) is 6. The molecule has 0 unspecified atom stereocenters. The van der Waals surface area contributed by atoms with Crippen molar-refractivity contribution in [2.24, 2.45) is 5.92 Å². The first-order valence-electron chi connectivity index (χ1n) is 16.0. The van der Waals surface area contributed by atoms with E-state index in [1.807, 2.05) is 7.05 Å². The fourth-order valence-corrected chi connectivity index (χ4v) is 6.73. The Kier molecular flexibility index (Phi) is 10.6. The lowest BCUT2D eigenvalue weighted by Gasteiger charge is -2.33. The molecule has 0 bridgehead atoms. The van der Waals surface area contributed by atoms with Crippen LogP contribution in [-0.4, -0.2) is 63.1 Å². The highest BCUT2D eigenvalue weighted by Crippen LogP contribution is 2.37. The number of benzene rings is 2. The number of anilines is 2. The number of hydrogen-bond acceptors (Lipinski definition) is 10. The van der Waals surface area contributed by atoms with Crippen molar-refractivity contribution in [3.8, 4) is 28.3 Å². The number of nitrogens with one attached hydrogen (secondary N) is 1. The average Bonchev–Trinajstić information content (AvgIpc) is 3.12. The minimum atomic E-state index is -2.89. The summed E-state index contributed by atoms with van der Waals surface area (Å²) < 4.78 is 54.9. The molecule has 14 heteroatoms. The molecule has 0 saturated heterocycles. The van der Waals surface area contributed by atoms with Crippen molar-refractivity contribution < 1.29 is 27.4 Å². The van der Waals surface area contributed by atoms with Crippen LogP contribution in [0.15, 0.2) is 59.3 Å². The summed E-state index contributed by atoms with van der Waals surface area (Å²) in [4.78, 5) is 35.7. The van der Waals surface area contributed by atoms with Crippen molar-refractivity contribution in [2.45, 2.75) is 51.6 Å². The normalized spacial score (nSPS) is 16.2. The molecule has 2 aromatic carbocycles. The topological polar surface area (TPSA) is 115 Å². The lowest BCUT2D eigenvalue weighted by molar-refractivity contribution is -0.146. The van der Waals surface area contributed by atoms with Crippen molar-refractivity contribution >= 4 is 44.4 Å². The van der Waals surface area contributed by atoms with Gasteiger partial charge < -0.3 is 14.8 Å².